The van der Waals surface area contributed by atoms with Crippen LogP contribution in [0.25, 0.3) is 0 Å². The van der Waals surface area contributed by atoms with Crippen LogP contribution in [0, 0.1) is 25.7 Å². The molecule has 0 fully saturated rings. The van der Waals surface area contributed by atoms with Crippen molar-refractivity contribution in [2.45, 2.75) is 20.8 Å². The number of aryl methyl sites for hydroxylation is 2. The molecule has 1 N–H and O–H groups in total. The quantitative estimate of drug-likeness (QED) is 0.678. The zero-order chi connectivity index (χ0) is 9.68. The normalized spacial score (nSPS) is 8.85. The van der Waals surface area contributed by atoms with Gasteiger partial charge in [-0.3, -0.25) is 0 Å². The van der Waals surface area contributed by atoms with Crippen LogP contribution in [-0.4, -0.2) is 6.54 Å². The highest BCUT2D eigenvalue weighted by molar-refractivity contribution is 5.48. The minimum absolute atomic E-state index is 0.721. The molecule has 1 aromatic rings. The van der Waals surface area contributed by atoms with E-state index in [0.29, 0.717) is 0 Å². The van der Waals surface area contributed by atoms with Crippen LogP contribution in [0.2, 0.25) is 0 Å². The van der Waals surface area contributed by atoms with E-state index in [2.05, 4.69) is 49.2 Å². The summed E-state index contributed by atoms with van der Waals surface area (Å²) in [5, 5.41) is 3.24. The maximum Gasteiger partial charge on any atom is 0.0765 e. The molecule has 0 spiro atoms. The molecule has 0 aliphatic carbocycles. The van der Waals surface area contributed by atoms with Crippen LogP contribution < -0.4 is 5.32 Å². The zero-order valence-electron chi connectivity index (χ0n) is 8.44. The van der Waals surface area contributed by atoms with Crippen LogP contribution in [0.4, 0.5) is 5.69 Å². The smallest absolute Gasteiger partial charge is 0.0765 e. The van der Waals surface area contributed by atoms with Crippen LogP contribution >= 0.6 is 0 Å². The highest BCUT2D eigenvalue weighted by Crippen LogP contribution is 2.13. The van der Waals surface area contributed by atoms with Crippen LogP contribution in [0.15, 0.2) is 18.2 Å². The third-order valence-electron chi connectivity index (χ3n) is 2.06. The molecule has 0 atom stereocenters. The number of rotatable bonds is 2. The summed E-state index contributed by atoms with van der Waals surface area (Å²) in [6.07, 6.45) is 0. The second-order valence-electron chi connectivity index (χ2n) is 3.08. The minimum Gasteiger partial charge on any atom is -0.374 e. The maximum atomic E-state index is 3.24. The fraction of sp³-hybridized carbons (Fsp3) is 0.333. The summed E-state index contributed by atoms with van der Waals surface area (Å²) in [6.45, 7) is 6.80. The molecular formula is C12H15N. The fourth-order valence-corrected chi connectivity index (χ4v) is 1.09. The lowest BCUT2D eigenvalue weighted by Gasteiger charge is -2.05. The van der Waals surface area contributed by atoms with Gasteiger partial charge in [-0.15, -0.1) is 5.92 Å². The predicted molar refractivity (Wildman–Crippen MR) is 57.9 cm³/mol. The molecule has 0 aliphatic rings. The summed E-state index contributed by atoms with van der Waals surface area (Å²) in [5.41, 5.74) is 3.78. The average molecular weight is 173 g/mol. The van der Waals surface area contributed by atoms with E-state index in [4.69, 9.17) is 0 Å². The van der Waals surface area contributed by atoms with Crippen molar-refractivity contribution < 1.29 is 0 Å². The van der Waals surface area contributed by atoms with Gasteiger partial charge in [-0.25, -0.2) is 0 Å². The van der Waals surface area contributed by atoms with E-state index in [1.165, 1.54) is 11.1 Å². The van der Waals surface area contributed by atoms with Gasteiger partial charge in [0, 0.05) is 5.69 Å². The Hall–Kier alpha value is -1.42. The Kier molecular flexibility index (Phi) is 3.40. The topological polar surface area (TPSA) is 12.0 Å². The highest BCUT2D eigenvalue weighted by Gasteiger charge is 1.93. The highest BCUT2D eigenvalue weighted by atomic mass is 14.8. The van der Waals surface area contributed by atoms with Gasteiger partial charge in [0.1, 0.15) is 0 Å². The molecule has 0 saturated heterocycles. The van der Waals surface area contributed by atoms with Crippen molar-refractivity contribution in [3.8, 4) is 11.8 Å². The van der Waals surface area contributed by atoms with Crippen molar-refractivity contribution in [3.05, 3.63) is 29.3 Å². The number of hydrogen-bond acceptors (Lipinski definition) is 1. The van der Waals surface area contributed by atoms with Crippen LogP contribution in [-0.2, 0) is 0 Å². The van der Waals surface area contributed by atoms with Crippen LogP contribution in [0.1, 0.15) is 18.1 Å². The van der Waals surface area contributed by atoms with Gasteiger partial charge in [-0.2, -0.15) is 0 Å². The molecule has 0 aliphatic heterocycles. The molecule has 0 heterocycles. The van der Waals surface area contributed by atoms with Gasteiger partial charge >= 0.3 is 0 Å². The van der Waals surface area contributed by atoms with Gasteiger partial charge in [-0.05, 0) is 44.0 Å². The van der Waals surface area contributed by atoms with E-state index in [-0.39, 0.29) is 0 Å². The number of benzene rings is 1. The summed E-state index contributed by atoms with van der Waals surface area (Å²) < 4.78 is 0. The monoisotopic (exact) mass is 173 g/mol. The zero-order valence-corrected chi connectivity index (χ0v) is 8.44. The van der Waals surface area contributed by atoms with Crippen molar-refractivity contribution in [2.24, 2.45) is 0 Å². The molecule has 0 radical (unpaired) electrons. The van der Waals surface area contributed by atoms with Crippen molar-refractivity contribution in [3.63, 3.8) is 0 Å². The van der Waals surface area contributed by atoms with Crippen LogP contribution in [0.5, 0.6) is 0 Å². The summed E-state index contributed by atoms with van der Waals surface area (Å²) in [5.74, 6) is 5.82. The average Bonchev–Trinajstić information content (AvgIpc) is 2.12. The van der Waals surface area contributed by atoms with Crippen molar-refractivity contribution in [2.75, 3.05) is 11.9 Å². The van der Waals surface area contributed by atoms with E-state index >= 15 is 0 Å². The Morgan fingerprint density at radius 2 is 2.00 bits per heavy atom. The first kappa shape index (κ1) is 9.67. The number of anilines is 1. The first-order chi connectivity index (χ1) is 6.24. The molecule has 13 heavy (non-hydrogen) atoms. The lowest BCUT2D eigenvalue weighted by atomic mass is 10.1. The number of hydrogen-bond donors (Lipinski definition) is 1. The Balaban J connectivity index is 2.66. The molecule has 1 nitrogen and oxygen atoms in total. The minimum atomic E-state index is 0.721. The van der Waals surface area contributed by atoms with E-state index < -0.39 is 0 Å². The predicted octanol–water partition coefficient (Wildman–Crippen LogP) is 2.74. The Labute approximate surface area is 80.2 Å². The van der Waals surface area contributed by atoms with Gasteiger partial charge in [0.15, 0.2) is 0 Å². The molecule has 0 aromatic heterocycles. The van der Waals surface area contributed by atoms with E-state index in [1.54, 1.807) is 0 Å². The first-order valence-corrected chi connectivity index (χ1v) is 4.45. The standard InChI is InChI=1S/C12H15N/c1-4-5-8-13-12-7-6-10(2)11(3)9-12/h6-7,9,13H,8H2,1-3H3. The first-order valence-electron chi connectivity index (χ1n) is 4.45. The van der Waals surface area contributed by atoms with E-state index in [0.717, 1.165) is 12.2 Å². The largest absolute Gasteiger partial charge is 0.374 e. The van der Waals surface area contributed by atoms with Gasteiger partial charge in [0.2, 0.25) is 0 Å². The second-order valence-corrected chi connectivity index (χ2v) is 3.08. The van der Waals surface area contributed by atoms with E-state index in [9.17, 15) is 0 Å². The fourth-order valence-electron chi connectivity index (χ4n) is 1.09. The summed E-state index contributed by atoms with van der Waals surface area (Å²) in [6, 6.07) is 6.35. The summed E-state index contributed by atoms with van der Waals surface area (Å²) in [4.78, 5) is 0. The Morgan fingerprint density at radius 1 is 1.23 bits per heavy atom. The van der Waals surface area contributed by atoms with Gasteiger partial charge in [0.25, 0.3) is 0 Å². The number of nitrogens with one attached hydrogen (secondary N) is 1. The molecule has 68 valence electrons. The molecule has 0 amide bonds. The van der Waals surface area contributed by atoms with Gasteiger partial charge in [0.05, 0.1) is 6.54 Å². The Morgan fingerprint density at radius 3 is 2.62 bits per heavy atom. The van der Waals surface area contributed by atoms with Crippen LogP contribution in [0.3, 0.4) is 0 Å². The lowest BCUT2D eigenvalue weighted by molar-refractivity contribution is 1.30. The third kappa shape index (κ3) is 2.83. The van der Waals surface area contributed by atoms with Crippen molar-refractivity contribution >= 4 is 5.69 Å². The van der Waals surface area contributed by atoms with E-state index in [1.807, 2.05) is 6.92 Å². The molecule has 1 aromatic carbocycles. The maximum absolute atomic E-state index is 3.24. The summed E-state index contributed by atoms with van der Waals surface area (Å²) >= 11 is 0. The van der Waals surface area contributed by atoms with Crippen molar-refractivity contribution in [1.29, 1.82) is 0 Å². The molecule has 1 rings (SSSR count). The lowest BCUT2D eigenvalue weighted by Crippen LogP contribution is -1.98. The second kappa shape index (κ2) is 4.57. The third-order valence-corrected chi connectivity index (χ3v) is 2.06. The molecule has 1 heteroatoms. The van der Waals surface area contributed by atoms with Gasteiger partial charge < -0.3 is 5.32 Å². The molecule has 0 saturated carbocycles. The summed E-state index contributed by atoms with van der Waals surface area (Å²) in [7, 11) is 0. The molecule has 0 unspecified atom stereocenters. The van der Waals surface area contributed by atoms with Crippen molar-refractivity contribution in [1.82, 2.24) is 0 Å². The molecular weight excluding hydrogens is 158 g/mol. The van der Waals surface area contributed by atoms with Gasteiger partial charge in [-0.1, -0.05) is 12.0 Å². The SMILES string of the molecule is CC#CCNc1ccc(C)c(C)c1. The Bertz CT molecular complexity index is 342. The molecule has 0 bridgehead atoms.